The maximum Gasteiger partial charge on any atom is 0.280 e. The van der Waals surface area contributed by atoms with Crippen LogP contribution in [0.25, 0.3) is 0 Å². The Morgan fingerprint density at radius 1 is 1.50 bits per heavy atom. The van der Waals surface area contributed by atoms with Crippen LogP contribution in [0, 0.1) is 0 Å². The molecule has 2 atom stereocenters. The minimum absolute atomic E-state index is 0.0739. The number of thiophene rings is 1. The lowest BCUT2D eigenvalue weighted by molar-refractivity contribution is -0.910. The molecule has 0 aliphatic carbocycles. The van der Waals surface area contributed by atoms with Gasteiger partial charge in [0.1, 0.15) is 6.04 Å². The van der Waals surface area contributed by atoms with Gasteiger partial charge in [0.2, 0.25) is 0 Å². The first kappa shape index (κ1) is 15.7. The van der Waals surface area contributed by atoms with E-state index in [1.807, 2.05) is 0 Å². The second-order valence-corrected chi connectivity index (χ2v) is 7.15. The molecule has 3 heterocycles. The van der Waals surface area contributed by atoms with Gasteiger partial charge in [-0.2, -0.15) is 0 Å². The molecule has 4 nitrogen and oxygen atoms in total. The van der Waals surface area contributed by atoms with Crippen molar-refractivity contribution in [1.82, 2.24) is 4.98 Å². The quantitative estimate of drug-likeness (QED) is 0.884. The number of anilines is 1. The van der Waals surface area contributed by atoms with Crippen LogP contribution in [0.3, 0.4) is 0 Å². The highest BCUT2D eigenvalue weighted by molar-refractivity contribution is 7.10. The standard InChI is InChI=1S/C15H15Cl2N3OS/c16-10-7-11(17)15(18-8-10)19-14(21)9-20-5-1-3-12(20)13-4-2-6-22-13/h2,4,6-8,12H,1,3,5,9H2,(H,18,19,21)/p+1/t12-/m0/s1. The van der Waals surface area contributed by atoms with Gasteiger partial charge in [-0.05, 0) is 17.5 Å². The first-order chi connectivity index (χ1) is 10.6. The second kappa shape index (κ2) is 6.96. The van der Waals surface area contributed by atoms with E-state index >= 15 is 0 Å². The van der Waals surface area contributed by atoms with E-state index in [1.165, 1.54) is 16.0 Å². The maximum atomic E-state index is 12.3. The molecular formula is C15H16Cl2N3OS+. The van der Waals surface area contributed by atoms with Crippen LogP contribution in [-0.2, 0) is 4.79 Å². The summed E-state index contributed by atoms with van der Waals surface area (Å²) in [7, 11) is 0. The number of amides is 1. The smallest absolute Gasteiger partial charge is 0.280 e. The van der Waals surface area contributed by atoms with Gasteiger partial charge in [-0.25, -0.2) is 4.98 Å². The second-order valence-electron chi connectivity index (χ2n) is 5.33. The Labute approximate surface area is 143 Å². The molecule has 0 bridgehead atoms. The van der Waals surface area contributed by atoms with Gasteiger partial charge in [-0.15, -0.1) is 11.3 Å². The minimum Gasteiger partial charge on any atom is -0.320 e. The summed E-state index contributed by atoms with van der Waals surface area (Å²) in [4.78, 5) is 19.0. The third kappa shape index (κ3) is 3.60. The number of hydrogen-bond donors (Lipinski definition) is 2. The Balaban J connectivity index is 1.64. The van der Waals surface area contributed by atoms with Crippen LogP contribution in [0.15, 0.2) is 29.8 Å². The van der Waals surface area contributed by atoms with Crippen LogP contribution in [-0.4, -0.2) is 24.0 Å². The Morgan fingerprint density at radius 3 is 3.09 bits per heavy atom. The lowest BCUT2D eigenvalue weighted by atomic mass is 10.2. The number of rotatable bonds is 4. The number of carbonyl (C=O) groups is 1. The molecule has 3 rings (SSSR count). The predicted molar refractivity (Wildman–Crippen MR) is 89.9 cm³/mol. The van der Waals surface area contributed by atoms with Gasteiger partial charge in [-0.3, -0.25) is 4.79 Å². The number of nitrogens with zero attached hydrogens (tertiary/aromatic N) is 1. The summed E-state index contributed by atoms with van der Waals surface area (Å²) in [5, 5.41) is 5.66. The van der Waals surface area contributed by atoms with Gasteiger partial charge in [0.25, 0.3) is 5.91 Å². The summed E-state index contributed by atoms with van der Waals surface area (Å²) in [5.41, 5.74) is 0. The molecule has 1 amide bonds. The van der Waals surface area contributed by atoms with Crippen LogP contribution >= 0.6 is 34.5 Å². The number of aromatic nitrogens is 1. The summed E-state index contributed by atoms with van der Waals surface area (Å²) < 4.78 is 0. The third-order valence-corrected chi connectivity index (χ3v) is 5.30. The summed E-state index contributed by atoms with van der Waals surface area (Å²) in [5.74, 6) is 0.289. The van der Waals surface area contributed by atoms with Gasteiger partial charge in [0.05, 0.1) is 21.5 Å². The molecule has 1 unspecified atom stereocenters. The molecule has 7 heteroatoms. The highest BCUT2D eigenvalue weighted by Crippen LogP contribution is 2.24. The fourth-order valence-corrected chi connectivity index (χ4v) is 4.19. The molecule has 116 valence electrons. The zero-order chi connectivity index (χ0) is 15.5. The van der Waals surface area contributed by atoms with Crippen molar-refractivity contribution in [1.29, 1.82) is 0 Å². The number of carbonyl (C=O) groups excluding carboxylic acids is 1. The number of likely N-dealkylation sites (tertiary alicyclic amines) is 1. The van der Waals surface area contributed by atoms with E-state index in [1.54, 1.807) is 17.4 Å². The molecule has 0 saturated carbocycles. The minimum atomic E-state index is -0.0739. The first-order valence-corrected chi connectivity index (χ1v) is 8.76. The fourth-order valence-electron chi connectivity index (χ4n) is 2.85. The van der Waals surface area contributed by atoms with Crippen molar-refractivity contribution >= 4 is 46.3 Å². The highest BCUT2D eigenvalue weighted by Gasteiger charge is 2.32. The molecule has 0 radical (unpaired) electrons. The van der Waals surface area contributed by atoms with Crippen molar-refractivity contribution in [2.24, 2.45) is 0 Å². The van der Waals surface area contributed by atoms with Crippen molar-refractivity contribution in [2.45, 2.75) is 18.9 Å². The van der Waals surface area contributed by atoms with Crippen LogP contribution < -0.4 is 10.2 Å². The molecule has 22 heavy (non-hydrogen) atoms. The Hall–Kier alpha value is -1.14. The van der Waals surface area contributed by atoms with E-state index in [0.717, 1.165) is 19.4 Å². The van der Waals surface area contributed by atoms with Crippen LogP contribution in [0.5, 0.6) is 0 Å². The first-order valence-electron chi connectivity index (χ1n) is 7.12. The summed E-state index contributed by atoms with van der Waals surface area (Å²) in [6, 6.07) is 6.20. The Morgan fingerprint density at radius 2 is 2.36 bits per heavy atom. The summed E-state index contributed by atoms with van der Waals surface area (Å²) in [6.45, 7) is 1.43. The lowest BCUT2D eigenvalue weighted by Crippen LogP contribution is -3.11. The van der Waals surface area contributed by atoms with Crippen LogP contribution in [0.2, 0.25) is 10.0 Å². The van der Waals surface area contributed by atoms with E-state index < -0.39 is 0 Å². The van der Waals surface area contributed by atoms with E-state index in [-0.39, 0.29) is 5.91 Å². The van der Waals surface area contributed by atoms with Crippen LogP contribution in [0.4, 0.5) is 5.82 Å². The monoisotopic (exact) mass is 356 g/mol. The number of nitrogens with one attached hydrogen (secondary N) is 2. The van der Waals surface area contributed by atoms with Gasteiger partial charge in [0.15, 0.2) is 12.4 Å². The van der Waals surface area contributed by atoms with E-state index in [9.17, 15) is 4.79 Å². The van der Waals surface area contributed by atoms with Crippen molar-refractivity contribution in [2.75, 3.05) is 18.4 Å². The van der Waals surface area contributed by atoms with Crippen molar-refractivity contribution in [3.05, 3.63) is 44.7 Å². The Bertz CT molecular complexity index is 663. The lowest BCUT2D eigenvalue weighted by Gasteiger charge is -2.20. The topological polar surface area (TPSA) is 46.4 Å². The van der Waals surface area contributed by atoms with Gasteiger partial charge >= 0.3 is 0 Å². The van der Waals surface area contributed by atoms with Crippen molar-refractivity contribution in [3.8, 4) is 0 Å². The molecule has 2 aromatic rings. The van der Waals surface area contributed by atoms with Gasteiger partial charge < -0.3 is 10.2 Å². The molecule has 1 aliphatic rings. The average Bonchev–Trinajstić information content (AvgIpc) is 3.12. The molecule has 2 N–H and O–H groups in total. The van der Waals surface area contributed by atoms with E-state index in [2.05, 4.69) is 27.8 Å². The predicted octanol–water partition coefficient (Wildman–Crippen LogP) is 2.81. The molecular weight excluding hydrogens is 341 g/mol. The van der Waals surface area contributed by atoms with Crippen molar-refractivity contribution < 1.29 is 9.69 Å². The number of halogens is 2. The molecule has 1 fully saturated rings. The average molecular weight is 357 g/mol. The number of hydrogen-bond acceptors (Lipinski definition) is 3. The Kier molecular flexibility index (Phi) is 4.98. The zero-order valence-corrected chi connectivity index (χ0v) is 14.1. The summed E-state index contributed by atoms with van der Waals surface area (Å²) >= 11 is 13.6. The largest absolute Gasteiger partial charge is 0.320 e. The van der Waals surface area contributed by atoms with E-state index in [4.69, 9.17) is 23.2 Å². The number of pyridine rings is 1. The van der Waals surface area contributed by atoms with Gasteiger partial charge in [0, 0.05) is 19.0 Å². The SMILES string of the molecule is O=C(C[NH+]1CCC[C@H]1c1cccs1)Nc1ncc(Cl)cc1Cl. The third-order valence-electron chi connectivity index (χ3n) is 3.82. The fraction of sp³-hybridized carbons (Fsp3) is 0.333. The van der Waals surface area contributed by atoms with Crippen molar-refractivity contribution in [3.63, 3.8) is 0 Å². The molecule has 2 aromatic heterocycles. The van der Waals surface area contributed by atoms with Crippen LogP contribution in [0.1, 0.15) is 23.8 Å². The van der Waals surface area contributed by atoms with Gasteiger partial charge in [-0.1, -0.05) is 29.3 Å². The molecule has 0 spiro atoms. The summed E-state index contributed by atoms with van der Waals surface area (Å²) in [6.07, 6.45) is 3.74. The number of quaternary nitrogens is 1. The normalized spacial score (nSPS) is 21.0. The molecule has 1 saturated heterocycles. The highest BCUT2D eigenvalue weighted by atomic mass is 35.5. The zero-order valence-electron chi connectivity index (χ0n) is 11.8. The maximum absolute atomic E-state index is 12.3. The molecule has 1 aliphatic heterocycles. The molecule has 0 aromatic carbocycles. The van der Waals surface area contributed by atoms with E-state index in [0.29, 0.717) is 28.4 Å².